The smallest absolute Gasteiger partial charge is 0.164 e. The Kier molecular flexibility index (Phi) is 17.9. The number of hydrogen-bond donors (Lipinski definition) is 0. The van der Waals surface area contributed by atoms with E-state index < -0.39 is 0 Å². The monoisotopic (exact) mass is 1820 g/mol. The number of nitriles is 1. The van der Waals surface area contributed by atoms with E-state index >= 15 is 0 Å². The summed E-state index contributed by atoms with van der Waals surface area (Å²) in [7, 11) is 0. The van der Waals surface area contributed by atoms with Gasteiger partial charge in [0.1, 0.15) is 55.8 Å². The highest BCUT2D eigenvalue weighted by Gasteiger charge is 2.24. The minimum Gasteiger partial charge on any atom is -0.456 e. The van der Waals surface area contributed by atoms with Crippen LogP contribution in [-0.4, -0.2) is 34.9 Å². The number of aromatic nitrogens is 7. The summed E-state index contributed by atoms with van der Waals surface area (Å²) in [6.45, 7) is 0. The second kappa shape index (κ2) is 31.3. The molecule has 0 radical (unpaired) electrons. The molecule has 0 atom stereocenters. The third kappa shape index (κ3) is 13.4. The van der Waals surface area contributed by atoms with Gasteiger partial charge in [-0.05, 0) is 188 Å². The van der Waals surface area contributed by atoms with Crippen LogP contribution in [0.25, 0.3) is 292 Å². The van der Waals surface area contributed by atoms with Crippen molar-refractivity contribution in [2.24, 2.45) is 0 Å². The predicted molar refractivity (Wildman–Crippen MR) is 565 cm³/mol. The van der Waals surface area contributed by atoms with Gasteiger partial charge in [0.25, 0.3) is 0 Å². The van der Waals surface area contributed by atoms with E-state index in [-0.39, 0.29) is 0 Å². The highest BCUT2D eigenvalue weighted by atomic mass is 32.1. The Balaban J connectivity index is 0.000000102. The summed E-state index contributed by atoms with van der Waals surface area (Å²) in [4.78, 5) is 35.7. The van der Waals surface area contributed by atoms with Crippen LogP contribution >= 0.6 is 45.3 Å². The molecule has 12 heterocycles. The SMILES string of the molecule is N#Cc1ccc2c(c1)oc1cc(-c3nc(-c4ccc5c(c4)oc4ccccc45)nc(-c4ccc5c(c4)oc4ccccc45)n3)ccc12.c1ccc2c(c1)oc1ccc(-c3cc(-c4ccc5sc6ccccc6c5c4)nc(-c4ccc5c(c4)sc4ccccc45)n3)cc12.c1ccc2c(c1)oc1ccc(-c3nc(-c4ccc5c(c4)sc4ccccc45)cc(-c4ccc5sc6ccccc6c5c4)n3)cc12. The van der Waals surface area contributed by atoms with Crippen molar-refractivity contribution in [2.45, 2.75) is 0 Å². The Bertz CT molecular complexity index is 9590. The van der Waals surface area contributed by atoms with Crippen molar-refractivity contribution in [2.75, 3.05) is 0 Å². The summed E-state index contributed by atoms with van der Waals surface area (Å²) in [5.74, 6) is 2.94. The van der Waals surface area contributed by atoms with Crippen LogP contribution in [0, 0.1) is 11.3 Å². The molecule has 30 aromatic rings. The normalized spacial score (nSPS) is 11.9. The van der Waals surface area contributed by atoms with Crippen molar-refractivity contribution in [1.82, 2.24) is 34.9 Å². The maximum Gasteiger partial charge on any atom is 0.164 e. The molecule has 0 amide bonds. The van der Waals surface area contributed by atoms with Gasteiger partial charge in [0.15, 0.2) is 29.1 Å². The molecule has 0 aliphatic carbocycles. The second-order valence-corrected chi connectivity index (χ2v) is 38.7. The number of fused-ring (bicyclic) bond motifs is 27. The van der Waals surface area contributed by atoms with E-state index in [0.29, 0.717) is 45.9 Å². The van der Waals surface area contributed by atoms with E-state index in [1.807, 2.05) is 167 Å². The van der Waals surface area contributed by atoms with Gasteiger partial charge in [0.05, 0.1) is 34.4 Å². The van der Waals surface area contributed by atoms with Crippen molar-refractivity contribution >= 4 is 236 Å². The van der Waals surface area contributed by atoms with Crippen LogP contribution in [0.1, 0.15) is 5.56 Å². The molecule has 0 aliphatic rings. The second-order valence-electron chi connectivity index (χ2n) is 34.3. The molecule has 13 nitrogen and oxygen atoms in total. The average Bonchev–Trinajstić information content (AvgIpc) is 1.68. The molecular weight excluding hydrogens is 1760 g/mol. The van der Waals surface area contributed by atoms with Crippen LogP contribution < -0.4 is 0 Å². The van der Waals surface area contributed by atoms with Crippen LogP contribution in [-0.2, 0) is 0 Å². The Hall–Kier alpha value is -17.5. The summed E-state index contributed by atoms with van der Waals surface area (Å²) in [5, 5.41) is 30.0. The van der Waals surface area contributed by atoms with Crippen molar-refractivity contribution in [1.29, 1.82) is 5.26 Å². The molecule has 638 valence electrons. The van der Waals surface area contributed by atoms with E-state index in [9.17, 15) is 5.26 Å². The number of thiophene rings is 4. The van der Waals surface area contributed by atoms with Gasteiger partial charge in [-0.1, -0.05) is 200 Å². The van der Waals surface area contributed by atoms with Gasteiger partial charge in [-0.15, -0.1) is 45.3 Å². The molecule has 0 N–H and O–H groups in total. The summed E-state index contributed by atoms with van der Waals surface area (Å²) >= 11 is 7.30. The molecule has 18 aromatic carbocycles. The quantitative estimate of drug-likeness (QED) is 0.133. The maximum atomic E-state index is 9.37. The van der Waals surface area contributed by atoms with E-state index in [2.05, 4.69) is 261 Å². The molecule has 0 aliphatic heterocycles. The maximum absolute atomic E-state index is 9.37. The van der Waals surface area contributed by atoms with E-state index in [1.54, 1.807) is 12.1 Å². The highest BCUT2D eigenvalue weighted by molar-refractivity contribution is 7.27. The lowest BCUT2D eigenvalue weighted by Crippen LogP contribution is -2.00. The molecule has 0 fully saturated rings. The first-order valence-corrected chi connectivity index (χ1v) is 48.2. The van der Waals surface area contributed by atoms with E-state index in [4.69, 9.17) is 57.0 Å². The lowest BCUT2D eigenvalue weighted by Gasteiger charge is -2.10. The zero-order valence-electron chi connectivity index (χ0n) is 72.2. The molecule has 0 bridgehead atoms. The number of para-hydroxylation sites is 4. The molecule has 0 unspecified atom stereocenters. The molecule has 137 heavy (non-hydrogen) atoms. The molecular formula is C120H64N8O5S4. The van der Waals surface area contributed by atoms with Gasteiger partial charge in [0, 0.05) is 185 Å². The highest BCUT2D eigenvalue weighted by Crippen LogP contribution is 2.46. The average molecular weight is 1830 g/mol. The summed E-state index contributed by atoms with van der Waals surface area (Å²) < 4.78 is 41.1. The van der Waals surface area contributed by atoms with Crippen molar-refractivity contribution in [3.05, 3.63) is 394 Å². The molecule has 0 saturated carbocycles. The Morgan fingerprint density at radius 2 is 0.394 bits per heavy atom. The zero-order chi connectivity index (χ0) is 90.0. The fourth-order valence-electron chi connectivity index (χ4n) is 19.5. The largest absolute Gasteiger partial charge is 0.456 e. The Morgan fingerprint density at radius 3 is 0.810 bits per heavy atom. The summed E-state index contributed by atoms with van der Waals surface area (Å²) in [5.41, 5.74) is 20.8. The predicted octanol–water partition coefficient (Wildman–Crippen LogP) is 34.7. The van der Waals surface area contributed by atoms with Crippen molar-refractivity contribution < 1.29 is 22.1 Å². The van der Waals surface area contributed by atoms with Gasteiger partial charge >= 0.3 is 0 Å². The first-order valence-electron chi connectivity index (χ1n) is 44.9. The van der Waals surface area contributed by atoms with Crippen molar-refractivity contribution in [3.8, 4) is 108 Å². The summed E-state index contributed by atoms with van der Waals surface area (Å²) in [6.07, 6.45) is 0. The van der Waals surface area contributed by atoms with Gasteiger partial charge in [-0.3, -0.25) is 0 Å². The molecule has 0 spiro atoms. The minimum atomic E-state index is 0.500. The number of rotatable bonds is 9. The third-order valence-electron chi connectivity index (χ3n) is 26.2. The van der Waals surface area contributed by atoms with Crippen LogP contribution in [0.3, 0.4) is 0 Å². The molecule has 0 saturated heterocycles. The Labute approximate surface area is 793 Å². The van der Waals surface area contributed by atoms with Gasteiger partial charge in [-0.25, -0.2) is 34.9 Å². The number of benzene rings is 18. The number of nitrogens with zero attached hydrogens (tertiary/aromatic N) is 8. The van der Waals surface area contributed by atoms with Gasteiger partial charge in [-0.2, -0.15) is 5.26 Å². The van der Waals surface area contributed by atoms with Crippen LogP contribution in [0.15, 0.2) is 410 Å². The van der Waals surface area contributed by atoms with Gasteiger partial charge in [0.2, 0.25) is 0 Å². The van der Waals surface area contributed by atoms with Crippen molar-refractivity contribution in [3.63, 3.8) is 0 Å². The topological polar surface area (TPSA) is 180 Å². The van der Waals surface area contributed by atoms with Gasteiger partial charge < -0.3 is 22.1 Å². The summed E-state index contributed by atoms with van der Waals surface area (Å²) in [6, 6.07) is 136. The fraction of sp³-hybridized carbons (Fsp3) is 0. The third-order valence-corrected chi connectivity index (χ3v) is 30.8. The van der Waals surface area contributed by atoms with Crippen LogP contribution in [0.5, 0.6) is 0 Å². The standard InChI is InChI=1S/C40H20N4O3.2C40H22N2OS2/c41-21-22-9-13-28-31-16-12-25(20-37(31)47-34(28)17-22)40-43-38(23-10-14-29-26-5-1-3-7-32(26)45-35(29)18-23)42-39(44-40)24-11-15-30-27-6-2-4-8-33(27)46-36(30)19-24;1-4-10-34-26(7-1)30-20-25(14-17-35(30)43-34)40-41-32(23-15-18-38-31(19-23)28-9-3-6-12-37(28)44-38)22-33(42-40)24-13-16-29-27-8-2-5-11-36(27)45-39(29)21-24;1-4-10-34-26(7-1)30-19-23(14-17-35(30)43-34)32-22-33(24-15-18-38-31(20-24)28-9-3-6-12-37(28)44-38)42-40(41-32)25-13-16-29-27-8-2-5-11-36(27)45-39(29)21-25/h1-20H;2*1-22H. The molecule has 12 aromatic heterocycles. The number of hydrogen-bond acceptors (Lipinski definition) is 17. The fourth-order valence-corrected chi connectivity index (χ4v) is 24.0. The number of furan rings is 5. The van der Waals surface area contributed by atoms with Crippen LogP contribution in [0.2, 0.25) is 0 Å². The lowest BCUT2D eigenvalue weighted by molar-refractivity contribution is 0.668. The minimum absolute atomic E-state index is 0.500. The van der Waals surface area contributed by atoms with E-state index in [0.717, 1.165) is 171 Å². The lowest BCUT2D eigenvalue weighted by atomic mass is 10.0. The van der Waals surface area contributed by atoms with E-state index in [1.165, 1.54) is 80.7 Å². The molecule has 17 heteroatoms. The zero-order valence-corrected chi connectivity index (χ0v) is 75.5. The Morgan fingerprint density at radius 1 is 0.161 bits per heavy atom. The van der Waals surface area contributed by atoms with Crippen LogP contribution in [0.4, 0.5) is 0 Å². The first kappa shape index (κ1) is 78.2. The first-order chi connectivity index (χ1) is 67.7. The molecule has 30 rings (SSSR count).